The van der Waals surface area contributed by atoms with Gasteiger partial charge in [-0.15, -0.1) is 11.3 Å². The van der Waals surface area contributed by atoms with Gasteiger partial charge in [0.25, 0.3) is 0 Å². The summed E-state index contributed by atoms with van der Waals surface area (Å²) < 4.78 is 0. The number of rotatable bonds is 6. The van der Waals surface area contributed by atoms with Gasteiger partial charge in [-0.1, -0.05) is 6.92 Å². The van der Waals surface area contributed by atoms with Crippen molar-refractivity contribution in [2.75, 3.05) is 6.54 Å². The van der Waals surface area contributed by atoms with Crippen molar-refractivity contribution in [1.29, 1.82) is 0 Å². The second-order valence-electron chi connectivity index (χ2n) is 4.23. The lowest BCUT2D eigenvalue weighted by atomic mass is 10.2. The summed E-state index contributed by atoms with van der Waals surface area (Å²) in [5.74, 6) is 0.0975. The number of pyridine rings is 1. The largest absolute Gasteiger partial charge is 0.356 e. The Labute approximate surface area is 116 Å². The molecule has 2 rings (SSSR count). The van der Waals surface area contributed by atoms with Crippen LogP contribution in [0, 0.1) is 0 Å². The van der Waals surface area contributed by atoms with Crippen molar-refractivity contribution in [3.05, 3.63) is 35.6 Å². The summed E-state index contributed by atoms with van der Waals surface area (Å²) in [5, 5.41) is 5.86. The Bertz CT molecular complexity index is 524. The fourth-order valence-corrected chi connectivity index (χ4v) is 2.50. The van der Waals surface area contributed by atoms with Gasteiger partial charge in [0.2, 0.25) is 5.91 Å². The number of amides is 1. The lowest BCUT2D eigenvalue weighted by Crippen LogP contribution is -2.24. The number of carbonyl (C=O) groups is 1. The third-order valence-corrected chi connectivity index (χ3v) is 3.60. The Kier molecular flexibility index (Phi) is 5.03. The molecular weight excluding hydrogens is 258 g/mol. The summed E-state index contributed by atoms with van der Waals surface area (Å²) in [5.41, 5.74) is 2.05. The average molecular weight is 275 g/mol. The van der Waals surface area contributed by atoms with E-state index in [1.807, 2.05) is 24.4 Å². The molecule has 5 heteroatoms. The van der Waals surface area contributed by atoms with Gasteiger partial charge in [0.05, 0.1) is 5.69 Å². The molecule has 100 valence electrons. The molecule has 0 saturated carbocycles. The van der Waals surface area contributed by atoms with Crippen LogP contribution in [0.15, 0.2) is 29.9 Å². The zero-order chi connectivity index (χ0) is 13.5. The smallest absolute Gasteiger partial charge is 0.220 e. The number of hydrogen-bond donors (Lipinski definition) is 1. The third kappa shape index (κ3) is 4.13. The molecule has 1 N–H and O–H groups in total. The number of aryl methyl sites for hydroxylation is 1. The van der Waals surface area contributed by atoms with Crippen LogP contribution in [-0.4, -0.2) is 22.4 Å². The fraction of sp³-hybridized carbons (Fsp3) is 0.357. The normalized spacial score (nSPS) is 10.4. The molecule has 4 nitrogen and oxygen atoms in total. The first-order valence-electron chi connectivity index (χ1n) is 6.41. The number of thiazole rings is 1. The highest BCUT2D eigenvalue weighted by molar-refractivity contribution is 7.13. The average Bonchev–Trinajstić information content (AvgIpc) is 2.93. The first-order valence-corrected chi connectivity index (χ1v) is 7.29. The first-order chi connectivity index (χ1) is 9.29. The fourth-order valence-electron chi connectivity index (χ4n) is 1.64. The Morgan fingerprint density at radius 3 is 2.89 bits per heavy atom. The van der Waals surface area contributed by atoms with Crippen molar-refractivity contribution in [3.8, 4) is 10.6 Å². The summed E-state index contributed by atoms with van der Waals surface area (Å²) in [6, 6.07) is 3.88. The van der Waals surface area contributed by atoms with Gasteiger partial charge >= 0.3 is 0 Å². The van der Waals surface area contributed by atoms with E-state index in [1.54, 1.807) is 23.7 Å². The van der Waals surface area contributed by atoms with Crippen LogP contribution in [0.1, 0.15) is 25.5 Å². The van der Waals surface area contributed by atoms with Gasteiger partial charge in [0.1, 0.15) is 5.01 Å². The topological polar surface area (TPSA) is 54.9 Å². The molecule has 2 aromatic heterocycles. The summed E-state index contributed by atoms with van der Waals surface area (Å²) in [6.07, 6.45) is 5.68. The monoisotopic (exact) mass is 275 g/mol. The summed E-state index contributed by atoms with van der Waals surface area (Å²) >= 11 is 1.60. The number of carbonyl (C=O) groups excluding carboxylic acids is 1. The quantitative estimate of drug-likeness (QED) is 0.881. The molecule has 2 heterocycles. The predicted molar refractivity (Wildman–Crippen MR) is 77.0 cm³/mol. The van der Waals surface area contributed by atoms with Crippen LogP contribution < -0.4 is 5.32 Å². The van der Waals surface area contributed by atoms with E-state index >= 15 is 0 Å². The van der Waals surface area contributed by atoms with E-state index in [9.17, 15) is 4.79 Å². The Morgan fingerprint density at radius 2 is 2.16 bits per heavy atom. The maximum absolute atomic E-state index is 11.5. The summed E-state index contributed by atoms with van der Waals surface area (Å²) in [4.78, 5) is 20.0. The van der Waals surface area contributed by atoms with Crippen LogP contribution in [0.5, 0.6) is 0 Å². The highest BCUT2D eigenvalue weighted by Gasteiger charge is 2.06. The molecule has 0 bridgehead atoms. The minimum Gasteiger partial charge on any atom is -0.356 e. The molecule has 0 saturated heterocycles. The molecule has 0 unspecified atom stereocenters. The SMILES string of the molecule is CCCNC(=O)CCc1csc(-c2ccncc2)n1. The molecule has 0 fully saturated rings. The maximum Gasteiger partial charge on any atom is 0.220 e. The highest BCUT2D eigenvalue weighted by atomic mass is 32.1. The standard InChI is InChI=1S/C14H17N3OS/c1-2-7-16-13(18)4-3-12-10-19-14(17-12)11-5-8-15-9-6-11/h5-6,8-10H,2-4,7H2,1H3,(H,16,18). The van der Waals surface area contributed by atoms with E-state index in [4.69, 9.17) is 0 Å². The molecule has 0 radical (unpaired) electrons. The lowest BCUT2D eigenvalue weighted by Gasteiger charge is -2.01. The van der Waals surface area contributed by atoms with Crippen LogP contribution in [0.3, 0.4) is 0 Å². The molecule has 0 aliphatic carbocycles. The van der Waals surface area contributed by atoms with E-state index in [1.165, 1.54) is 0 Å². The van der Waals surface area contributed by atoms with Crippen molar-refractivity contribution in [3.63, 3.8) is 0 Å². The second kappa shape index (κ2) is 6.99. The van der Waals surface area contributed by atoms with Gasteiger partial charge in [0.15, 0.2) is 0 Å². The maximum atomic E-state index is 11.5. The molecule has 0 aliphatic heterocycles. The highest BCUT2D eigenvalue weighted by Crippen LogP contribution is 2.23. The van der Waals surface area contributed by atoms with Crippen LogP contribution in [0.4, 0.5) is 0 Å². The molecule has 2 aromatic rings. The van der Waals surface area contributed by atoms with Crippen molar-refractivity contribution in [1.82, 2.24) is 15.3 Å². The van der Waals surface area contributed by atoms with Gasteiger partial charge in [0, 0.05) is 36.3 Å². The van der Waals surface area contributed by atoms with Crippen LogP contribution in [0.2, 0.25) is 0 Å². The molecule has 0 spiro atoms. The van der Waals surface area contributed by atoms with Gasteiger partial charge in [-0.2, -0.15) is 0 Å². The van der Waals surface area contributed by atoms with Crippen LogP contribution in [0.25, 0.3) is 10.6 Å². The number of nitrogens with zero attached hydrogens (tertiary/aromatic N) is 2. The van der Waals surface area contributed by atoms with Crippen molar-refractivity contribution < 1.29 is 4.79 Å². The Morgan fingerprint density at radius 1 is 1.37 bits per heavy atom. The van der Waals surface area contributed by atoms with Crippen LogP contribution in [-0.2, 0) is 11.2 Å². The summed E-state index contributed by atoms with van der Waals surface area (Å²) in [6.45, 7) is 2.79. The molecule has 0 aliphatic rings. The van der Waals surface area contributed by atoms with Gasteiger partial charge in [-0.3, -0.25) is 9.78 Å². The minimum absolute atomic E-state index is 0.0975. The first kappa shape index (κ1) is 13.7. The number of nitrogens with one attached hydrogen (secondary N) is 1. The van der Waals surface area contributed by atoms with Gasteiger partial charge in [-0.05, 0) is 25.0 Å². The zero-order valence-corrected chi connectivity index (χ0v) is 11.7. The molecule has 1 amide bonds. The molecule has 0 atom stereocenters. The van der Waals surface area contributed by atoms with Crippen molar-refractivity contribution >= 4 is 17.2 Å². The van der Waals surface area contributed by atoms with Crippen molar-refractivity contribution in [2.45, 2.75) is 26.2 Å². The van der Waals surface area contributed by atoms with Gasteiger partial charge < -0.3 is 5.32 Å². The number of hydrogen-bond acceptors (Lipinski definition) is 4. The number of aromatic nitrogens is 2. The van der Waals surface area contributed by atoms with Crippen molar-refractivity contribution in [2.24, 2.45) is 0 Å². The van der Waals surface area contributed by atoms with Gasteiger partial charge in [-0.25, -0.2) is 4.98 Å². The molecular formula is C14H17N3OS. The zero-order valence-electron chi connectivity index (χ0n) is 10.9. The molecule has 0 aromatic carbocycles. The molecule has 19 heavy (non-hydrogen) atoms. The Balaban J connectivity index is 1.90. The minimum atomic E-state index is 0.0975. The van der Waals surface area contributed by atoms with E-state index in [0.29, 0.717) is 12.8 Å². The lowest BCUT2D eigenvalue weighted by molar-refractivity contribution is -0.121. The predicted octanol–water partition coefficient (Wildman–Crippen LogP) is 2.66. The van der Waals surface area contributed by atoms with Crippen LogP contribution >= 0.6 is 11.3 Å². The summed E-state index contributed by atoms with van der Waals surface area (Å²) in [7, 11) is 0. The van der Waals surface area contributed by atoms with E-state index < -0.39 is 0 Å². The van der Waals surface area contributed by atoms with E-state index in [2.05, 4.69) is 15.3 Å². The van der Waals surface area contributed by atoms with E-state index in [-0.39, 0.29) is 5.91 Å². The second-order valence-corrected chi connectivity index (χ2v) is 5.09. The Hall–Kier alpha value is -1.75. The van der Waals surface area contributed by atoms with E-state index in [0.717, 1.165) is 29.2 Å². The third-order valence-electron chi connectivity index (χ3n) is 2.66.